The Balaban J connectivity index is 2.40. The lowest BCUT2D eigenvalue weighted by Gasteiger charge is -2.27. The first kappa shape index (κ1) is 10.6. The molecule has 1 aliphatic rings. The Labute approximate surface area is 89.7 Å². The fraction of sp³-hybridized carbons (Fsp3) is 0.500. The first-order valence-electron chi connectivity index (χ1n) is 5.26. The standard InChI is InChI=1S/C12H17FN2/c1-8-3-4-9(13)5-10(8)11-6-15-7-12(11,2)14/h3-5,11,15H,6-7,14H2,1-2H3. The molecule has 15 heavy (non-hydrogen) atoms. The topological polar surface area (TPSA) is 38.0 Å². The van der Waals surface area contributed by atoms with Crippen molar-refractivity contribution in [3.05, 3.63) is 35.1 Å². The van der Waals surface area contributed by atoms with Crippen molar-refractivity contribution < 1.29 is 4.39 Å². The summed E-state index contributed by atoms with van der Waals surface area (Å²) in [4.78, 5) is 0. The Hall–Kier alpha value is -0.930. The van der Waals surface area contributed by atoms with Crippen LogP contribution in [0.4, 0.5) is 4.39 Å². The second kappa shape index (κ2) is 3.58. The highest BCUT2D eigenvalue weighted by molar-refractivity contribution is 5.34. The Morgan fingerprint density at radius 1 is 1.53 bits per heavy atom. The van der Waals surface area contributed by atoms with Gasteiger partial charge in [0.1, 0.15) is 5.82 Å². The third-order valence-corrected chi connectivity index (χ3v) is 3.27. The Morgan fingerprint density at radius 2 is 2.27 bits per heavy atom. The number of rotatable bonds is 1. The van der Waals surface area contributed by atoms with Crippen LogP contribution in [0.15, 0.2) is 18.2 Å². The summed E-state index contributed by atoms with van der Waals surface area (Å²) >= 11 is 0. The van der Waals surface area contributed by atoms with Crippen LogP contribution in [0.3, 0.4) is 0 Å². The molecule has 0 saturated carbocycles. The minimum absolute atomic E-state index is 0.182. The first-order valence-corrected chi connectivity index (χ1v) is 5.26. The van der Waals surface area contributed by atoms with Crippen molar-refractivity contribution in [1.29, 1.82) is 0 Å². The monoisotopic (exact) mass is 208 g/mol. The summed E-state index contributed by atoms with van der Waals surface area (Å²) in [6.45, 7) is 5.64. The smallest absolute Gasteiger partial charge is 0.123 e. The van der Waals surface area contributed by atoms with E-state index in [4.69, 9.17) is 5.73 Å². The molecule has 1 saturated heterocycles. The zero-order valence-corrected chi connectivity index (χ0v) is 9.18. The van der Waals surface area contributed by atoms with Crippen molar-refractivity contribution in [3.8, 4) is 0 Å². The molecule has 2 nitrogen and oxygen atoms in total. The van der Waals surface area contributed by atoms with Gasteiger partial charge in [-0.25, -0.2) is 4.39 Å². The van der Waals surface area contributed by atoms with Gasteiger partial charge in [-0.1, -0.05) is 6.07 Å². The van der Waals surface area contributed by atoms with Gasteiger partial charge in [0.2, 0.25) is 0 Å². The normalized spacial score (nSPS) is 30.8. The van der Waals surface area contributed by atoms with Crippen molar-refractivity contribution in [2.45, 2.75) is 25.3 Å². The van der Waals surface area contributed by atoms with E-state index < -0.39 is 0 Å². The van der Waals surface area contributed by atoms with Crippen LogP contribution in [0.2, 0.25) is 0 Å². The predicted octanol–water partition coefficient (Wildman–Crippen LogP) is 1.54. The van der Waals surface area contributed by atoms with Gasteiger partial charge < -0.3 is 11.1 Å². The lowest BCUT2D eigenvalue weighted by molar-refractivity contribution is 0.459. The summed E-state index contributed by atoms with van der Waals surface area (Å²) < 4.78 is 13.2. The Kier molecular flexibility index (Phi) is 2.52. The number of aryl methyl sites for hydroxylation is 1. The molecule has 1 fully saturated rings. The van der Waals surface area contributed by atoms with Gasteiger partial charge in [0.15, 0.2) is 0 Å². The maximum Gasteiger partial charge on any atom is 0.123 e. The van der Waals surface area contributed by atoms with Gasteiger partial charge in [-0.2, -0.15) is 0 Å². The van der Waals surface area contributed by atoms with E-state index in [1.165, 1.54) is 6.07 Å². The van der Waals surface area contributed by atoms with Crippen LogP contribution in [-0.2, 0) is 0 Å². The molecule has 2 rings (SSSR count). The average molecular weight is 208 g/mol. The molecule has 1 heterocycles. The molecule has 0 bridgehead atoms. The molecule has 82 valence electrons. The van der Waals surface area contributed by atoms with Crippen molar-refractivity contribution in [1.82, 2.24) is 5.32 Å². The van der Waals surface area contributed by atoms with Gasteiger partial charge in [0.05, 0.1) is 0 Å². The molecule has 3 N–H and O–H groups in total. The van der Waals surface area contributed by atoms with E-state index in [2.05, 4.69) is 5.32 Å². The van der Waals surface area contributed by atoms with Crippen LogP contribution in [-0.4, -0.2) is 18.6 Å². The average Bonchev–Trinajstić information content (AvgIpc) is 2.50. The van der Waals surface area contributed by atoms with Gasteiger partial charge >= 0.3 is 0 Å². The molecule has 1 aromatic carbocycles. The molecule has 0 amide bonds. The highest BCUT2D eigenvalue weighted by atomic mass is 19.1. The molecule has 0 radical (unpaired) electrons. The lowest BCUT2D eigenvalue weighted by atomic mass is 9.82. The zero-order valence-electron chi connectivity index (χ0n) is 9.18. The maximum absolute atomic E-state index is 13.2. The summed E-state index contributed by atoms with van der Waals surface area (Å²) in [5.74, 6) is 0.0199. The zero-order chi connectivity index (χ0) is 11.1. The minimum Gasteiger partial charge on any atom is -0.324 e. The molecule has 0 spiro atoms. The van der Waals surface area contributed by atoms with E-state index in [0.29, 0.717) is 0 Å². The molecular weight excluding hydrogens is 191 g/mol. The van der Waals surface area contributed by atoms with E-state index in [1.54, 1.807) is 6.07 Å². The van der Waals surface area contributed by atoms with Gasteiger partial charge in [-0.15, -0.1) is 0 Å². The van der Waals surface area contributed by atoms with E-state index >= 15 is 0 Å². The Bertz CT molecular complexity index is 374. The van der Waals surface area contributed by atoms with Crippen LogP contribution >= 0.6 is 0 Å². The highest BCUT2D eigenvalue weighted by Crippen LogP contribution is 2.31. The molecule has 0 aliphatic carbocycles. The second-order valence-corrected chi connectivity index (χ2v) is 4.69. The van der Waals surface area contributed by atoms with Crippen LogP contribution in [0.1, 0.15) is 24.0 Å². The summed E-state index contributed by atoms with van der Waals surface area (Å²) in [6, 6.07) is 4.92. The molecule has 1 aromatic rings. The highest BCUT2D eigenvalue weighted by Gasteiger charge is 2.36. The van der Waals surface area contributed by atoms with Gasteiger partial charge in [0.25, 0.3) is 0 Å². The van der Waals surface area contributed by atoms with E-state index in [9.17, 15) is 4.39 Å². The van der Waals surface area contributed by atoms with Gasteiger partial charge in [0, 0.05) is 24.5 Å². The van der Waals surface area contributed by atoms with Gasteiger partial charge in [-0.3, -0.25) is 0 Å². The third-order valence-electron chi connectivity index (χ3n) is 3.27. The molecular formula is C12H17FN2. The lowest BCUT2D eigenvalue weighted by Crippen LogP contribution is -2.43. The predicted molar refractivity (Wildman–Crippen MR) is 59.3 cm³/mol. The number of hydrogen-bond acceptors (Lipinski definition) is 2. The first-order chi connectivity index (χ1) is 7.00. The minimum atomic E-state index is -0.279. The third kappa shape index (κ3) is 1.90. The largest absolute Gasteiger partial charge is 0.324 e. The number of nitrogens with one attached hydrogen (secondary N) is 1. The fourth-order valence-electron chi connectivity index (χ4n) is 2.29. The summed E-state index contributed by atoms with van der Waals surface area (Å²) in [6.07, 6.45) is 0. The van der Waals surface area contributed by atoms with E-state index in [-0.39, 0.29) is 17.3 Å². The summed E-state index contributed by atoms with van der Waals surface area (Å²) in [5.41, 5.74) is 8.05. The second-order valence-electron chi connectivity index (χ2n) is 4.69. The SMILES string of the molecule is Cc1ccc(F)cc1C1CNCC1(C)N. The fourth-order valence-corrected chi connectivity index (χ4v) is 2.29. The van der Waals surface area contributed by atoms with Crippen LogP contribution in [0.5, 0.6) is 0 Å². The molecule has 0 aromatic heterocycles. The van der Waals surface area contributed by atoms with Crippen molar-refractivity contribution in [2.24, 2.45) is 5.73 Å². The van der Waals surface area contributed by atoms with Crippen molar-refractivity contribution in [2.75, 3.05) is 13.1 Å². The van der Waals surface area contributed by atoms with Crippen molar-refractivity contribution in [3.63, 3.8) is 0 Å². The molecule has 1 aliphatic heterocycles. The van der Waals surface area contributed by atoms with Crippen LogP contribution in [0.25, 0.3) is 0 Å². The maximum atomic E-state index is 13.2. The van der Waals surface area contributed by atoms with Crippen LogP contribution in [0, 0.1) is 12.7 Å². The quantitative estimate of drug-likeness (QED) is 0.734. The summed E-state index contributed by atoms with van der Waals surface area (Å²) in [5, 5.41) is 3.26. The number of benzene rings is 1. The number of nitrogens with two attached hydrogens (primary N) is 1. The van der Waals surface area contributed by atoms with E-state index in [1.807, 2.05) is 19.9 Å². The number of halogens is 1. The van der Waals surface area contributed by atoms with Crippen molar-refractivity contribution >= 4 is 0 Å². The molecule has 2 unspecified atom stereocenters. The summed E-state index contributed by atoms with van der Waals surface area (Å²) in [7, 11) is 0. The Morgan fingerprint density at radius 3 is 2.87 bits per heavy atom. The van der Waals surface area contributed by atoms with Crippen LogP contribution < -0.4 is 11.1 Å². The van der Waals surface area contributed by atoms with Gasteiger partial charge in [-0.05, 0) is 37.1 Å². The molecule has 2 atom stereocenters. The molecule has 3 heteroatoms. The number of hydrogen-bond donors (Lipinski definition) is 2. The van der Waals surface area contributed by atoms with E-state index in [0.717, 1.165) is 24.2 Å².